The lowest BCUT2D eigenvalue weighted by Crippen LogP contribution is -2.05. The summed E-state index contributed by atoms with van der Waals surface area (Å²) in [6.45, 7) is 2.03. The molecule has 1 N–H and O–H groups in total. The van der Waals surface area contributed by atoms with Crippen LogP contribution in [0.4, 0.5) is 5.82 Å². The molecule has 1 saturated carbocycles. The molecule has 3 nitrogen and oxygen atoms in total. The molecule has 0 atom stereocenters. The van der Waals surface area contributed by atoms with Crippen LogP contribution >= 0.6 is 0 Å². The van der Waals surface area contributed by atoms with Gasteiger partial charge in [-0.3, -0.25) is 0 Å². The zero-order valence-corrected chi connectivity index (χ0v) is 8.88. The average molecular weight is 191 g/mol. The van der Waals surface area contributed by atoms with Gasteiger partial charge in [-0.25, -0.2) is 9.97 Å². The molecule has 3 heteroatoms. The molecule has 2 rings (SSSR count). The first-order chi connectivity index (χ1) is 6.81. The highest BCUT2D eigenvalue weighted by molar-refractivity contribution is 5.41. The maximum absolute atomic E-state index is 4.55. The monoisotopic (exact) mass is 191 g/mol. The second-order valence-corrected chi connectivity index (χ2v) is 3.99. The maximum Gasteiger partial charge on any atom is 0.133 e. The van der Waals surface area contributed by atoms with Crippen molar-refractivity contribution in [3.8, 4) is 0 Å². The molecule has 1 aromatic heterocycles. The number of nitrogens with zero attached hydrogens (tertiary/aromatic N) is 2. The van der Waals surface area contributed by atoms with Gasteiger partial charge in [0.1, 0.15) is 11.6 Å². The van der Waals surface area contributed by atoms with E-state index in [9.17, 15) is 0 Å². The molecule has 76 valence electrons. The molecule has 0 spiro atoms. The minimum Gasteiger partial charge on any atom is -0.373 e. The van der Waals surface area contributed by atoms with Crippen molar-refractivity contribution in [1.29, 1.82) is 0 Å². The van der Waals surface area contributed by atoms with Crippen molar-refractivity contribution in [1.82, 2.24) is 9.97 Å². The molecule has 0 aliphatic heterocycles. The lowest BCUT2D eigenvalue weighted by molar-refractivity contribution is 0.667. The Bertz CT molecular complexity index is 316. The van der Waals surface area contributed by atoms with Gasteiger partial charge in [0.05, 0.1) is 0 Å². The number of aryl methyl sites for hydroxylation is 1. The highest BCUT2D eigenvalue weighted by Gasteiger charge is 2.20. The lowest BCUT2D eigenvalue weighted by atomic mass is 10.1. The highest BCUT2D eigenvalue weighted by atomic mass is 15.0. The minimum absolute atomic E-state index is 0.600. The topological polar surface area (TPSA) is 37.8 Å². The third kappa shape index (κ3) is 1.72. The van der Waals surface area contributed by atoms with Crippen LogP contribution in [-0.4, -0.2) is 17.0 Å². The van der Waals surface area contributed by atoms with Gasteiger partial charge in [0.25, 0.3) is 0 Å². The molecule has 0 saturated heterocycles. The van der Waals surface area contributed by atoms with Crippen LogP contribution in [-0.2, 0) is 0 Å². The number of hydrogen-bond donors (Lipinski definition) is 1. The summed E-state index contributed by atoms with van der Waals surface area (Å²) in [5.74, 6) is 2.60. The predicted octanol–water partition coefficient (Wildman–Crippen LogP) is 2.48. The first kappa shape index (κ1) is 9.44. The molecule has 1 fully saturated rings. The fourth-order valence-electron chi connectivity index (χ4n) is 2.09. The van der Waals surface area contributed by atoms with Crippen LogP contribution < -0.4 is 5.32 Å². The Morgan fingerprint density at radius 3 is 2.71 bits per heavy atom. The summed E-state index contributed by atoms with van der Waals surface area (Å²) < 4.78 is 0. The van der Waals surface area contributed by atoms with E-state index >= 15 is 0 Å². The first-order valence-electron chi connectivity index (χ1n) is 5.32. The van der Waals surface area contributed by atoms with Gasteiger partial charge < -0.3 is 5.32 Å². The Morgan fingerprint density at radius 2 is 2.07 bits per heavy atom. The number of hydrogen-bond acceptors (Lipinski definition) is 3. The second kappa shape index (κ2) is 3.95. The van der Waals surface area contributed by atoms with Crippen LogP contribution in [0.2, 0.25) is 0 Å². The van der Waals surface area contributed by atoms with Gasteiger partial charge in [0.2, 0.25) is 0 Å². The third-order valence-electron chi connectivity index (χ3n) is 2.95. The van der Waals surface area contributed by atoms with E-state index in [1.807, 2.05) is 20.2 Å². The normalized spacial score (nSPS) is 17.3. The highest BCUT2D eigenvalue weighted by Crippen LogP contribution is 2.32. The van der Waals surface area contributed by atoms with Crippen LogP contribution in [0, 0.1) is 6.92 Å². The van der Waals surface area contributed by atoms with E-state index < -0.39 is 0 Å². The molecule has 1 aliphatic rings. The fraction of sp³-hybridized carbons (Fsp3) is 0.636. The van der Waals surface area contributed by atoms with E-state index in [1.54, 1.807) is 0 Å². The largest absolute Gasteiger partial charge is 0.373 e. The quantitative estimate of drug-likeness (QED) is 0.780. The number of rotatable bonds is 2. The molecule has 0 aromatic carbocycles. The van der Waals surface area contributed by atoms with E-state index in [0.717, 1.165) is 17.2 Å². The molecule has 1 aliphatic carbocycles. The Kier molecular flexibility index (Phi) is 2.66. The van der Waals surface area contributed by atoms with Crippen molar-refractivity contribution in [3.63, 3.8) is 0 Å². The molecule has 0 bridgehead atoms. The minimum atomic E-state index is 0.600. The van der Waals surface area contributed by atoms with Gasteiger partial charge in [-0.15, -0.1) is 0 Å². The van der Waals surface area contributed by atoms with Gasteiger partial charge >= 0.3 is 0 Å². The summed E-state index contributed by atoms with van der Waals surface area (Å²) >= 11 is 0. The van der Waals surface area contributed by atoms with Crippen molar-refractivity contribution in [2.24, 2.45) is 0 Å². The molecule has 0 unspecified atom stereocenters. The summed E-state index contributed by atoms with van der Waals surface area (Å²) in [7, 11) is 1.91. The number of anilines is 1. The molecule has 14 heavy (non-hydrogen) atoms. The van der Waals surface area contributed by atoms with Gasteiger partial charge in [-0.05, 0) is 19.8 Å². The van der Waals surface area contributed by atoms with Crippen molar-refractivity contribution in [3.05, 3.63) is 17.6 Å². The standard InChI is InChI=1S/C11H17N3/c1-8-7-13-11(14-10(8)12-2)9-5-3-4-6-9/h7,9H,3-6H2,1-2H3,(H,12,13,14). The third-order valence-corrected chi connectivity index (χ3v) is 2.95. The summed E-state index contributed by atoms with van der Waals surface area (Å²) in [4.78, 5) is 8.97. The van der Waals surface area contributed by atoms with Crippen molar-refractivity contribution in [2.45, 2.75) is 38.5 Å². The van der Waals surface area contributed by atoms with Crippen molar-refractivity contribution >= 4 is 5.82 Å². The molecule has 0 radical (unpaired) electrons. The first-order valence-corrected chi connectivity index (χ1v) is 5.32. The molecule has 1 aromatic rings. The van der Waals surface area contributed by atoms with Gasteiger partial charge in [-0.2, -0.15) is 0 Å². The van der Waals surface area contributed by atoms with E-state index in [4.69, 9.17) is 0 Å². The van der Waals surface area contributed by atoms with Gasteiger partial charge in [-0.1, -0.05) is 12.8 Å². The molecular weight excluding hydrogens is 174 g/mol. The summed E-state index contributed by atoms with van der Waals surface area (Å²) in [5.41, 5.74) is 1.12. The Balaban J connectivity index is 2.25. The summed E-state index contributed by atoms with van der Waals surface area (Å²) in [6.07, 6.45) is 7.10. The second-order valence-electron chi connectivity index (χ2n) is 3.99. The summed E-state index contributed by atoms with van der Waals surface area (Å²) in [5, 5.41) is 3.11. The maximum atomic E-state index is 4.55. The SMILES string of the molecule is CNc1nc(C2CCCC2)ncc1C. The van der Waals surface area contributed by atoms with Crippen LogP contribution in [0.15, 0.2) is 6.20 Å². The molecular formula is C11H17N3. The van der Waals surface area contributed by atoms with E-state index in [0.29, 0.717) is 5.92 Å². The Labute approximate surface area is 85.0 Å². The average Bonchev–Trinajstić information content (AvgIpc) is 2.71. The van der Waals surface area contributed by atoms with Gasteiger partial charge in [0.15, 0.2) is 0 Å². The number of aromatic nitrogens is 2. The summed E-state index contributed by atoms with van der Waals surface area (Å²) in [6, 6.07) is 0. The number of nitrogens with one attached hydrogen (secondary N) is 1. The lowest BCUT2D eigenvalue weighted by Gasteiger charge is -2.10. The van der Waals surface area contributed by atoms with Crippen molar-refractivity contribution < 1.29 is 0 Å². The molecule has 0 amide bonds. The Hall–Kier alpha value is -1.12. The van der Waals surface area contributed by atoms with Crippen LogP contribution in [0.1, 0.15) is 43.0 Å². The van der Waals surface area contributed by atoms with Crippen LogP contribution in [0.3, 0.4) is 0 Å². The van der Waals surface area contributed by atoms with E-state index in [1.165, 1.54) is 25.7 Å². The fourth-order valence-corrected chi connectivity index (χ4v) is 2.09. The predicted molar refractivity (Wildman–Crippen MR) is 57.5 cm³/mol. The van der Waals surface area contributed by atoms with Crippen molar-refractivity contribution in [2.75, 3.05) is 12.4 Å². The van der Waals surface area contributed by atoms with E-state index in [-0.39, 0.29) is 0 Å². The zero-order chi connectivity index (χ0) is 9.97. The zero-order valence-electron chi connectivity index (χ0n) is 8.88. The van der Waals surface area contributed by atoms with Crippen LogP contribution in [0.25, 0.3) is 0 Å². The van der Waals surface area contributed by atoms with E-state index in [2.05, 4.69) is 15.3 Å². The smallest absolute Gasteiger partial charge is 0.133 e. The van der Waals surface area contributed by atoms with Gasteiger partial charge in [0, 0.05) is 24.7 Å². The molecule has 1 heterocycles. The Morgan fingerprint density at radius 1 is 1.36 bits per heavy atom. The van der Waals surface area contributed by atoms with Crippen LogP contribution in [0.5, 0.6) is 0 Å².